The van der Waals surface area contributed by atoms with Crippen LogP contribution in [-0.2, 0) is 6.42 Å². The Hall–Kier alpha value is -1.77. The van der Waals surface area contributed by atoms with Crippen molar-refractivity contribution in [2.45, 2.75) is 33.1 Å². The van der Waals surface area contributed by atoms with Gasteiger partial charge in [-0.2, -0.15) is 0 Å². The van der Waals surface area contributed by atoms with E-state index in [4.69, 9.17) is 5.21 Å². The third-order valence-corrected chi connectivity index (χ3v) is 3.58. The molecule has 0 radical (unpaired) electrons. The molecular weight excluding hydrogens is 212 g/mol. The van der Waals surface area contributed by atoms with E-state index < -0.39 is 0 Å². The van der Waals surface area contributed by atoms with Gasteiger partial charge in [0, 0.05) is 22.2 Å². The van der Waals surface area contributed by atoms with Gasteiger partial charge < -0.3 is 10.2 Å². The molecule has 2 N–H and O–H groups in total. The van der Waals surface area contributed by atoms with Crippen molar-refractivity contribution >= 4 is 16.6 Å². The number of H-pyrrole nitrogens is 1. The van der Waals surface area contributed by atoms with Crippen molar-refractivity contribution in [3.8, 4) is 0 Å². The van der Waals surface area contributed by atoms with Gasteiger partial charge in [0.2, 0.25) is 0 Å². The van der Waals surface area contributed by atoms with Gasteiger partial charge in [0.25, 0.3) is 0 Å². The molecule has 3 heteroatoms. The number of hydrogen-bond acceptors (Lipinski definition) is 2. The van der Waals surface area contributed by atoms with Crippen LogP contribution in [-0.4, -0.2) is 15.9 Å². The van der Waals surface area contributed by atoms with Gasteiger partial charge in [0.15, 0.2) is 0 Å². The molecule has 0 aliphatic heterocycles. The molecule has 88 valence electrons. The SMILES string of the molecule is Cc1cc(C)c2[nH]c3c(c2c1)/C(=N/O)CCC3. The maximum Gasteiger partial charge on any atom is 0.0892 e. The second kappa shape index (κ2) is 3.62. The second-order valence-electron chi connectivity index (χ2n) is 4.88. The Morgan fingerprint density at radius 1 is 1.24 bits per heavy atom. The molecule has 0 saturated carbocycles. The van der Waals surface area contributed by atoms with E-state index in [9.17, 15) is 0 Å². The molecule has 2 aromatic rings. The van der Waals surface area contributed by atoms with Crippen molar-refractivity contribution in [2.75, 3.05) is 0 Å². The van der Waals surface area contributed by atoms with E-state index in [1.54, 1.807) is 0 Å². The van der Waals surface area contributed by atoms with Gasteiger partial charge in [-0.25, -0.2) is 0 Å². The van der Waals surface area contributed by atoms with E-state index in [-0.39, 0.29) is 0 Å². The number of nitrogens with zero attached hydrogens (tertiary/aromatic N) is 1. The summed E-state index contributed by atoms with van der Waals surface area (Å²) in [7, 11) is 0. The summed E-state index contributed by atoms with van der Waals surface area (Å²) in [6, 6.07) is 4.36. The lowest BCUT2D eigenvalue weighted by Gasteiger charge is -2.12. The van der Waals surface area contributed by atoms with E-state index in [0.717, 1.165) is 30.5 Å². The molecule has 0 amide bonds. The highest BCUT2D eigenvalue weighted by molar-refractivity contribution is 6.13. The topological polar surface area (TPSA) is 48.4 Å². The van der Waals surface area contributed by atoms with Crippen molar-refractivity contribution in [1.82, 2.24) is 4.98 Å². The zero-order chi connectivity index (χ0) is 12.0. The summed E-state index contributed by atoms with van der Waals surface area (Å²) >= 11 is 0. The lowest BCUT2D eigenvalue weighted by atomic mass is 9.93. The van der Waals surface area contributed by atoms with Gasteiger partial charge in [0.1, 0.15) is 0 Å². The molecule has 1 aromatic carbocycles. The molecule has 1 aromatic heterocycles. The quantitative estimate of drug-likeness (QED) is 0.527. The number of nitrogens with one attached hydrogen (secondary N) is 1. The normalized spacial score (nSPS) is 17.6. The molecule has 1 heterocycles. The molecule has 1 aliphatic rings. The third-order valence-electron chi connectivity index (χ3n) is 3.58. The van der Waals surface area contributed by atoms with Gasteiger partial charge in [0.05, 0.1) is 5.71 Å². The minimum absolute atomic E-state index is 0.822. The van der Waals surface area contributed by atoms with Gasteiger partial charge in [-0.3, -0.25) is 0 Å². The van der Waals surface area contributed by atoms with Crippen LogP contribution in [0.2, 0.25) is 0 Å². The first-order chi connectivity index (χ1) is 8.20. The summed E-state index contributed by atoms with van der Waals surface area (Å²) in [5, 5.41) is 13.8. The number of benzene rings is 1. The van der Waals surface area contributed by atoms with E-state index in [1.807, 2.05) is 0 Å². The molecule has 17 heavy (non-hydrogen) atoms. The lowest BCUT2D eigenvalue weighted by Crippen LogP contribution is -2.10. The predicted molar refractivity (Wildman–Crippen MR) is 69.0 cm³/mol. The Kier molecular flexibility index (Phi) is 2.21. The number of rotatable bonds is 0. The summed E-state index contributed by atoms with van der Waals surface area (Å²) in [6.45, 7) is 4.22. The Morgan fingerprint density at radius 2 is 2.06 bits per heavy atom. The highest BCUT2D eigenvalue weighted by atomic mass is 16.4. The fraction of sp³-hybridized carbons (Fsp3) is 0.357. The highest BCUT2D eigenvalue weighted by Gasteiger charge is 2.22. The van der Waals surface area contributed by atoms with Crippen molar-refractivity contribution in [3.63, 3.8) is 0 Å². The summed E-state index contributed by atoms with van der Waals surface area (Å²) in [6.07, 6.45) is 2.96. The first-order valence-electron chi connectivity index (χ1n) is 6.04. The monoisotopic (exact) mass is 228 g/mol. The molecule has 0 unspecified atom stereocenters. The number of hydrogen-bond donors (Lipinski definition) is 2. The third kappa shape index (κ3) is 1.46. The number of aryl methyl sites for hydroxylation is 3. The summed E-state index contributed by atoms with van der Waals surface area (Å²) in [5.41, 5.74) is 6.85. The Bertz CT molecular complexity index is 623. The number of aromatic nitrogens is 1. The van der Waals surface area contributed by atoms with Crippen molar-refractivity contribution in [3.05, 3.63) is 34.5 Å². The van der Waals surface area contributed by atoms with E-state index >= 15 is 0 Å². The summed E-state index contributed by atoms with van der Waals surface area (Å²) in [4.78, 5) is 3.48. The minimum atomic E-state index is 0.822. The van der Waals surface area contributed by atoms with Crippen LogP contribution in [0.1, 0.15) is 35.2 Å². The molecule has 0 atom stereocenters. The van der Waals surface area contributed by atoms with Crippen LogP contribution in [0, 0.1) is 13.8 Å². The highest BCUT2D eigenvalue weighted by Crippen LogP contribution is 2.31. The first kappa shape index (κ1) is 10.4. The second-order valence-corrected chi connectivity index (χ2v) is 4.88. The van der Waals surface area contributed by atoms with Crippen LogP contribution in [0.4, 0.5) is 0 Å². The maximum atomic E-state index is 9.13. The predicted octanol–water partition coefficient (Wildman–Crippen LogP) is 3.30. The van der Waals surface area contributed by atoms with E-state index in [2.05, 4.69) is 36.1 Å². The first-order valence-corrected chi connectivity index (χ1v) is 6.04. The van der Waals surface area contributed by atoms with E-state index in [1.165, 1.54) is 27.7 Å². The van der Waals surface area contributed by atoms with Gasteiger partial charge in [-0.15, -0.1) is 0 Å². The fourth-order valence-electron chi connectivity index (χ4n) is 2.88. The Balaban J connectivity index is 2.40. The Morgan fingerprint density at radius 3 is 2.82 bits per heavy atom. The number of oxime groups is 1. The smallest absolute Gasteiger partial charge is 0.0892 e. The number of fused-ring (bicyclic) bond motifs is 3. The van der Waals surface area contributed by atoms with Gasteiger partial charge in [-0.05, 0) is 44.7 Å². The zero-order valence-corrected chi connectivity index (χ0v) is 10.2. The van der Waals surface area contributed by atoms with Crippen molar-refractivity contribution in [1.29, 1.82) is 0 Å². The molecule has 0 fully saturated rings. The van der Waals surface area contributed by atoms with Crippen LogP contribution in [0.3, 0.4) is 0 Å². The van der Waals surface area contributed by atoms with Crippen LogP contribution in [0.5, 0.6) is 0 Å². The van der Waals surface area contributed by atoms with Crippen LogP contribution < -0.4 is 0 Å². The summed E-state index contributed by atoms with van der Waals surface area (Å²) in [5.74, 6) is 0. The van der Waals surface area contributed by atoms with E-state index in [0.29, 0.717) is 0 Å². The van der Waals surface area contributed by atoms with Gasteiger partial charge >= 0.3 is 0 Å². The average molecular weight is 228 g/mol. The molecule has 3 rings (SSSR count). The molecular formula is C14H16N2O. The average Bonchev–Trinajstić information content (AvgIpc) is 2.68. The fourth-order valence-corrected chi connectivity index (χ4v) is 2.88. The molecule has 0 spiro atoms. The molecule has 3 nitrogen and oxygen atoms in total. The maximum absolute atomic E-state index is 9.13. The Labute approximate surface area is 100 Å². The lowest BCUT2D eigenvalue weighted by molar-refractivity contribution is 0.317. The van der Waals surface area contributed by atoms with Gasteiger partial charge in [-0.1, -0.05) is 16.8 Å². The zero-order valence-electron chi connectivity index (χ0n) is 10.2. The summed E-state index contributed by atoms with van der Waals surface area (Å²) < 4.78 is 0. The molecule has 0 saturated heterocycles. The minimum Gasteiger partial charge on any atom is -0.411 e. The van der Waals surface area contributed by atoms with Crippen molar-refractivity contribution in [2.24, 2.45) is 5.16 Å². The van der Waals surface area contributed by atoms with Crippen LogP contribution in [0.15, 0.2) is 17.3 Å². The van der Waals surface area contributed by atoms with Crippen LogP contribution in [0.25, 0.3) is 10.9 Å². The van der Waals surface area contributed by atoms with Crippen LogP contribution >= 0.6 is 0 Å². The largest absolute Gasteiger partial charge is 0.411 e. The van der Waals surface area contributed by atoms with Crippen molar-refractivity contribution < 1.29 is 5.21 Å². The molecule has 0 bridgehead atoms. The number of aromatic amines is 1. The standard InChI is InChI=1S/C14H16N2O/c1-8-6-9(2)14-10(7-8)13-11(15-14)4-3-5-12(13)16-17/h6-7,15,17H,3-5H2,1-2H3/b16-12+. The molecule has 1 aliphatic carbocycles.